The average Bonchev–Trinajstić information content (AvgIpc) is 2.98. The Balaban J connectivity index is 2.14. The molecule has 6 nitrogen and oxygen atoms in total. The molecule has 1 aromatic carbocycles. The number of rotatable bonds is 7. The smallest absolute Gasteiger partial charge is 0.339 e. The van der Waals surface area contributed by atoms with Crippen molar-refractivity contribution in [2.24, 2.45) is 0 Å². The number of ether oxygens (including phenoxy) is 1. The molecule has 0 atom stereocenters. The van der Waals surface area contributed by atoms with Crippen LogP contribution in [0.15, 0.2) is 34.7 Å². The van der Waals surface area contributed by atoms with Gasteiger partial charge in [-0.2, -0.15) is 0 Å². The summed E-state index contributed by atoms with van der Waals surface area (Å²) in [5.41, 5.74) is 0.946. The van der Waals surface area contributed by atoms with Gasteiger partial charge >= 0.3 is 5.97 Å². The van der Waals surface area contributed by atoms with Crippen LogP contribution in [0.25, 0.3) is 0 Å². The van der Waals surface area contributed by atoms with Crippen LogP contribution in [0.1, 0.15) is 53.0 Å². The Hall–Kier alpha value is -2.76. The fourth-order valence-electron chi connectivity index (χ4n) is 2.50. The SMILES string of the molecule is CCc1oc(C(=O)N(C)Cc2cccc(OC(C)C)c2)cc1C(=O)O. The Kier molecular flexibility index (Phi) is 5.85. The first-order valence-corrected chi connectivity index (χ1v) is 8.18. The first-order valence-electron chi connectivity index (χ1n) is 8.18. The summed E-state index contributed by atoms with van der Waals surface area (Å²) < 4.78 is 11.1. The molecule has 0 aliphatic carbocycles. The lowest BCUT2D eigenvalue weighted by Gasteiger charge is -2.17. The largest absolute Gasteiger partial charge is 0.491 e. The summed E-state index contributed by atoms with van der Waals surface area (Å²) in [5.74, 6) is -0.381. The minimum atomic E-state index is -1.10. The van der Waals surface area contributed by atoms with E-state index in [0.717, 1.165) is 11.3 Å². The Labute approximate surface area is 147 Å². The lowest BCUT2D eigenvalue weighted by Crippen LogP contribution is -2.25. The predicted octanol–water partition coefficient (Wildman–Crippen LogP) is 3.60. The van der Waals surface area contributed by atoms with Crippen LogP contribution in [0.2, 0.25) is 0 Å². The zero-order valence-electron chi connectivity index (χ0n) is 14.9. The van der Waals surface area contributed by atoms with Gasteiger partial charge in [-0.3, -0.25) is 4.79 Å². The van der Waals surface area contributed by atoms with Gasteiger partial charge in [-0.15, -0.1) is 0 Å². The molecule has 0 fully saturated rings. The van der Waals surface area contributed by atoms with E-state index in [0.29, 0.717) is 18.7 Å². The van der Waals surface area contributed by atoms with Crippen molar-refractivity contribution in [2.75, 3.05) is 7.05 Å². The molecule has 1 amide bonds. The van der Waals surface area contributed by atoms with Crippen LogP contribution in [-0.2, 0) is 13.0 Å². The highest BCUT2D eigenvalue weighted by molar-refractivity contribution is 5.96. The van der Waals surface area contributed by atoms with Crippen LogP contribution in [0.4, 0.5) is 0 Å². The highest BCUT2D eigenvalue weighted by Crippen LogP contribution is 2.20. The quantitative estimate of drug-likeness (QED) is 0.829. The molecule has 0 radical (unpaired) electrons. The number of amides is 1. The number of nitrogens with zero attached hydrogens (tertiary/aromatic N) is 1. The van der Waals surface area contributed by atoms with E-state index in [9.17, 15) is 9.59 Å². The summed E-state index contributed by atoms with van der Waals surface area (Å²) in [7, 11) is 1.65. The number of carbonyl (C=O) groups is 2. The van der Waals surface area contributed by atoms with E-state index in [1.165, 1.54) is 11.0 Å². The maximum absolute atomic E-state index is 12.5. The highest BCUT2D eigenvalue weighted by atomic mass is 16.5. The van der Waals surface area contributed by atoms with E-state index < -0.39 is 5.97 Å². The second-order valence-electron chi connectivity index (χ2n) is 6.08. The third kappa shape index (κ3) is 4.62. The molecular weight excluding hydrogens is 322 g/mol. The Morgan fingerprint density at radius 3 is 2.56 bits per heavy atom. The summed E-state index contributed by atoms with van der Waals surface area (Å²) >= 11 is 0. The molecule has 1 heterocycles. The van der Waals surface area contributed by atoms with Crippen LogP contribution in [0.3, 0.4) is 0 Å². The number of aromatic carboxylic acids is 1. The van der Waals surface area contributed by atoms with Gasteiger partial charge in [0, 0.05) is 26.1 Å². The van der Waals surface area contributed by atoms with E-state index in [1.54, 1.807) is 14.0 Å². The van der Waals surface area contributed by atoms with E-state index >= 15 is 0 Å². The molecule has 1 aromatic heterocycles. The standard InChI is InChI=1S/C19H23NO5/c1-5-16-15(19(22)23)10-17(25-16)18(21)20(4)11-13-7-6-8-14(9-13)24-12(2)3/h6-10,12H,5,11H2,1-4H3,(H,22,23). The second kappa shape index (κ2) is 7.88. The Morgan fingerprint density at radius 2 is 2.00 bits per heavy atom. The van der Waals surface area contributed by atoms with E-state index in [1.807, 2.05) is 38.1 Å². The number of aryl methyl sites for hydroxylation is 1. The van der Waals surface area contributed by atoms with Crippen LogP contribution in [0, 0.1) is 0 Å². The number of hydrogen-bond donors (Lipinski definition) is 1. The highest BCUT2D eigenvalue weighted by Gasteiger charge is 2.22. The van der Waals surface area contributed by atoms with Gasteiger partial charge in [0.1, 0.15) is 17.1 Å². The molecule has 0 aliphatic heterocycles. The molecular formula is C19H23NO5. The first-order chi connectivity index (χ1) is 11.8. The molecule has 6 heteroatoms. The van der Waals surface area contributed by atoms with Crippen molar-refractivity contribution in [1.29, 1.82) is 0 Å². The van der Waals surface area contributed by atoms with Crippen molar-refractivity contribution in [3.63, 3.8) is 0 Å². The molecule has 0 saturated heterocycles. The van der Waals surface area contributed by atoms with Crippen LogP contribution in [0.5, 0.6) is 5.75 Å². The Bertz CT molecular complexity index is 763. The van der Waals surface area contributed by atoms with Crippen molar-refractivity contribution in [3.8, 4) is 5.75 Å². The average molecular weight is 345 g/mol. The van der Waals surface area contributed by atoms with E-state index in [2.05, 4.69) is 0 Å². The van der Waals surface area contributed by atoms with E-state index in [4.69, 9.17) is 14.3 Å². The van der Waals surface area contributed by atoms with Gasteiger partial charge < -0.3 is 19.2 Å². The molecule has 134 valence electrons. The van der Waals surface area contributed by atoms with Crippen LogP contribution >= 0.6 is 0 Å². The maximum Gasteiger partial charge on any atom is 0.339 e. The van der Waals surface area contributed by atoms with E-state index in [-0.39, 0.29) is 23.3 Å². The van der Waals surface area contributed by atoms with Crippen molar-refractivity contribution < 1.29 is 23.8 Å². The summed E-state index contributed by atoms with van der Waals surface area (Å²) in [6.07, 6.45) is 0.479. The van der Waals surface area contributed by atoms with Crippen molar-refractivity contribution >= 4 is 11.9 Å². The summed E-state index contributed by atoms with van der Waals surface area (Å²) in [6.45, 7) is 6.04. The van der Waals surface area contributed by atoms with Crippen LogP contribution < -0.4 is 4.74 Å². The summed E-state index contributed by atoms with van der Waals surface area (Å²) in [5, 5.41) is 9.17. The van der Waals surface area contributed by atoms with Gasteiger partial charge in [0.05, 0.1) is 6.10 Å². The topological polar surface area (TPSA) is 80.0 Å². The number of hydrogen-bond acceptors (Lipinski definition) is 4. The van der Waals surface area contributed by atoms with Crippen molar-refractivity contribution in [2.45, 2.75) is 39.8 Å². The monoisotopic (exact) mass is 345 g/mol. The molecule has 0 spiro atoms. The number of carboxylic acid groups (broad SMARTS) is 1. The van der Waals surface area contributed by atoms with Gasteiger partial charge in [0.2, 0.25) is 0 Å². The van der Waals surface area contributed by atoms with Crippen molar-refractivity contribution in [1.82, 2.24) is 4.90 Å². The fraction of sp³-hybridized carbons (Fsp3) is 0.368. The van der Waals surface area contributed by atoms with Gasteiger partial charge in [-0.1, -0.05) is 19.1 Å². The molecule has 25 heavy (non-hydrogen) atoms. The molecule has 0 saturated carbocycles. The molecule has 0 unspecified atom stereocenters. The van der Waals surface area contributed by atoms with Gasteiger partial charge in [-0.25, -0.2) is 4.79 Å². The normalized spacial score (nSPS) is 10.8. The molecule has 2 aromatic rings. The molecule has 1 N–H and O–H groups in total. The number of furan rings is 1. The lowest BCUT2D eigenvalue weighted by atomic mass is 10.2. The van der Waals surface area contributed by atoms with Crippen molar-refractivity contribution in [3.05, 3.63) is 53.0 Å². The first kappa shape index (κ1) is 18.6. The molecule has 0 aliphatic rings. The summed E-state index contributed by atoms with van der Waals surface area (Å²) in [4.78, 5) is 25.2. The second-order valence-corrected chi connectivity index (χ2v) is 6.08. The number of benzene rings is 1. The molecule has 2 rings (SSSR count). The minimum absolute atomic E-state index is 0.0336. The lowest BCUT2D eigenvalue weighted by molar-refractivity contribution is 0.0693. The molecule has 0 bridgehead atoms. The third-order valence-electron chi connectivity index (χ3n) is 3.61. The third-order valence-corrected chi connectivity index (χ3v) is 3.61. The maximum atomic E-state index is 12.5. The predicted molar refractivity (Wildman–Crippen MR) is 93.0 cm³/mol. The Morgan fingerprint density at radius 1 is 1.28 bits per heavy atom. The number of carbonyl (C=O) groups excluding carboxylic acids is 1. The fourth-order valence-corrected chi connectivity index (χ4v) is 2.50. The minimum Gasteiger partial charge on any atom is -0.491 e. The zero-order valence-corrected chi connectivity index (χ0v) is 14.9. The van der Waals surface area contributed by atoms with Gasteiger partial charge in [0.15, 0.2) is 5.76 Å². The summed E-state index contributed by atoms with van der Waals surface area (Å²) in [6, 6.07) is 8.81. The zero-order chi connectivity index (χ0) is 18.6. The van der Waals surface area contributed by atoms with Gasteiger partial charge in [-0.05, 0) is 31.5 Å². The van der Waals surface area contributed by atoms with Gasteiger partial charge in [0.25, 0.3) is 5.91 Å². The van der Waals surface area contributed by atoms with Crippen LogP contribution in [-0.4, -0.2) is 35.0 Å². The number of carboxylic acids is 1.